The lowest BCUT2D eigenvalue weighted by Gasteiger charge is -2.29. The number of carbonyl (C=O) groups excluding carboxylic acids is 1. The SMILES string of the molecule is COc1nn(C)cc1Nc1ncc(F)c(-c2c[nH]c3c(NC(=O)C4C[C@H](F)CN4[C@H]4CCN(C)C4)cccc23)n1. The van der Waals surface area contributed by atoms with E-state index in [0.29, 0.717) is 33.7 Å². The van der Waals surface area contributed by atoms with Crippen LogP contribution >= 0.6 is 0 Å². The summed E-state index contributed by atoms with van der Waals surface area (Å²) in [5.74, 6) is -0.329. The molecule has 1 amide bonds. The van der Waals surface area contributed by atoms with E-state index in [2.05, 4.69) is 35.6 Å². The average Bonchev–Trinajstić information content (AvgIpc) is 3.71. The maximum Gasteiger partial charge on any atom is 0.256 e. The Kier molecular flexibility index (Phi) is 6.84. The lowest BCUT2D eigenvalue weighted by atomic mass is 10.1. The highest BCUT2D eigenvalue weighted by Crippen LogP contribution is 2.35. The summed E-state index contributed by atoms with van der Waals surface area (Å²) in [6, 6.07) is 4.99. The number of amides is 1. The van der Waals surface area contributed by atoms with Gasteiger partial charge in [0.15, 0.2) is 5.82 Å². The lowest BCUT2D eigenvalue weighted by Crippen LogP contribution is -2.46. The third-order valence-electron chi connectivity index (χ3n) is 7.63. The molecule has 2 saturated heterocycles. The number of nitrogens with zero attached hydrogens (tertiary/aromatic N) is 6. The van der Waals surface area contributed by atoms with Gasteiger partial charge in [0.05, 0.1) is 36.7 Å². The second-order valence-corrected chi connectivity index (χ2v) is 10.4. The second-order valence-electron chi connectivity index (χ2n) is 10.4. The Hall–Kier alpha value is -4.10. The molecule has 40 heavy (non-hydrogen) atoms. The molecule has 2 aliphatic heterocycles. The summed E-state index contributed by atoms with van der Waals surface area (Å²) >= 11 is 0. The Morgan fingerprint density at radius 2 is 2.08 bits per heavy atom. The monoisotopic (exact) mass is 551 g/mol. The molecule has 11 nitrogen and oxygen atoms in total. The number of ether oxygens (including phenoxy) is 1. The van der Waals surface area contributed by atoms with E-state index >= 15 is 0 Å². The molecule has 0 radical (unpaired) electrons. The molecule has 0 spiro atoms. The summed E-state index contributed by atoms with van der Waals surface area (Å²) in [7, 11) is 5.29. The van der Waals surface area contributed by atoms with Gasteiger partial charge in [0.1, 0.15) is 17.6 Å². The van der Waals surface area contributed by atoms with Crippen molar-refractivity contribution in [1.82, 2.24) is 34.5 Å². The molecule has 2 aliphatic rings. The molecule has 3 atom stereocenters. The van der Waals surface area contributed by atoms with E-state index in [1.165, 1.54) is 7.11 Å². The van der Waals surface area contributed by atoms with Crippen LogP contribution < -0.4 is 15.4 Å². The number of aromatic nitrogens is 5. The summed E-state index contributed by atoms with van der Waals surface area (Å²) in [6.45, 7) is 2.02. The molecule has 1 aromatic carbocycles. The van der Waals surface area contributed by atoms with Crippen LogP contribution in [0.4, 0.5) is 26.1 Å². The van der Waals surface area contributed by atoms with Crippen molar-refractivity contribution in [2.75, 3.05) is 44.4 Å². The number of alkyl halides is 1. The number of hydrogen-bond acceptors (Lipinski definition) is 8. The first-order valence-corrected chi connectivity index (χ1v) is 13.2. The number of likely N-dealkylation sites (N-methyl/N-ethyl adjacent to an activating group) is 1. The number of anilines is 3. The zero-order valence-corrected chi connectivity index (χ0v) is 22.5. The van der Waals surface area contributed by atoms with Crippen molar-refractivity contribution in [2.45, 2.75) is 31.1 Å². The number of rotatable bonds is 7. The first-order valence-electron chi connectivity index (χ1n) is 13.2. The van der Waals surface area contributed by atoms with E-state index in [9.17, 15) is 13.6 Å². The molecule has 210 valence electrons. The minimum Gasteiger partial charge on any atom is -0.478 e. The van der Waals surface area contributed by atoms with E-state index in [0.717, 1.165) is 25.7 Å². The van der Waals surface area contributed by atoms with E-state index in [-0.39, 0.29) is 36.6 Å². The fourth-order valence-corrected chi connectivity index (χ4v) is 5.76. The Morgan fingerprint density at radius 3 is 2.85 bits per heavy atom. The third kappa shape index (κ3) is 4.86. The van der Waals surface area contributed by atoms with Gasteiger partial charge < -0.3 is 25.3 Å². The van der Waals surface area contributed by atoms with Crippen molar-refractivity contribution in [2.24, 2.45) is 7.05 Å². The number of hydrogen-bond donors (Lipinski definition) is 3. The molecule has 6 rings (SSSR count). The van der Waals surface area contributed by atoms with E-state index in [1.54, 1.807) is 36.3 Å². The summed E-state index contributed by atoms with van der Waals surface area (Å²) < 4.78 is 36.3. The van der Waals surface area contributed by atoms with Gasteiger partial charge in [0.2, 0.25) is 11.9 Å². The maximum atomic E-state index is 15.0. The molecule has 4 aromatic rings. The Bertz CT molecular complexity index is 1550. The molecule has 2 fully saturated rings. The van der Waals surface area contributed by atoms with Crippen molar-refractivity contribution < 1.29 is 18.3 Å². The van der Waals surface area contributed by atoms with Crippen LogP contribution in [0, 0.1) is 5.82 Å². The number of H-pyrrole nitrogens is 1. The van der Waals surface area contributed by atoms with Crippen molar-refractivity contribution in [3.05, 3.63) is 42.6 Å². The summed E-state index contributed by atoms with van der Waals surface area (Å²) in [6.07, 6.45) is 4.49. The first kappa shape index (κ1) is 26.1. The summed E-state index contributed by atoms with van der Waals surface area (Å²) in [5.41, 5.74) is 2.28. The van der Waals surface area contributed by atoms with Crippen LogP contribution in [0.3, 0.4) is 0 Å². The Balaban J connectivity index is 1.26. The van der Waals surface area contributed by atoms with E-state index in [4.69, 9.17) is 4.74 Å². The number of para-hydroxylation sites is 1. The van der Waals surface area contributed by atoms with Gasteiger partial charge in [-0.15, -0.1) is 5.10 Å². The zero-order valence-electron chi connectivity index (χ0n) is 22.5. The van der Waals surface area contributed by atoms with Crippen LogP contribution in [0.2, 0.25) is 0 Å². The van der Waals surface area contributed by atoms with Gasteiger partial charge in [-0.05, 0) is 26.1 Å². The molecule has 0 bridgehead atoms. The first-order chi connectivity index (χ1) is 19.3. The molecule has 3 aromatic heterocycles. The summed E-state index contributed by atoms with van der Waals surface area (Å²) in [4.78, 5) is 29.3. The van der Waals surface area contributed by atoms with Crippen LogP contribution in [0.25, 0.3) is 22.2 Å². The molecule has 3 N–H and O–H groups in total. The fourth-order valence-electron chi connectivity index (χ4n) is 5.76. The number of aromatic amines is 1. The Morgan fingerprint density at radius 1 is 1.23 bits per heavy atom. The number of halogens is 2. The van der Waals surface area contributed by atoms with Gasteiger partial charge in [0.25, 0.3) is 5.88 Å². The fraction of sp³-hybridized carbons (Fsp3) is 0.407. The molecule has 0 saturated carbocycles. The molecule has 5 heterocycles. The third-order valence-corrected chi connectivity index (χ3v) is 7.63. The topological polar surface area (TPSA) is 116 Å². The molecule has 1 unspecified atom stereocenters. The number of nitrogens with one attached hydrogen (secondary N) is 3. The van der Waals surface area contributed by atoms with E-state index in [1.807, 2.05) is 18.0 Å². The number of fused-ring (bicyclic) bond motifs is 1. The van der Waals surface area contributed by atoms with Crippen LogP contribution in [0.5, 0.6) is 5.88 Å². The number of benzene rings is 1. The largest absolute Gasteiger partial charge is 0.478 e. The number of likely N-dealkylation sites (tertiary alicyclic amines) is 2. The number of methoxy groups -OCH3 is 1. The van der Waals surface area contributed by atoms with Crippen molar-refractivity contribution in [3.8, 4) is 17.1 Å². The van der Waals surface area contributed by atoms with Gasteiger partial charge in [-0.2, -0.15) is 0 Å². The van der Waals surface area contributed by atoms with Crippen LogP contribution in [0.1, 0.15) is 12.8 Å². The normalized spacial score (nSPS) is 21.8. The highest BCUT2D eigenvalue weighted by Gasteiger charge is 2.42. The van der Waals surface area contributed by atoms with E-state index < -0.39 is 18.0 Å². The molecular formula is C27H31F2N9O2. The van der Waals surface area contributed by atoms with Crippen LogP contribution in [-0.4, -0.2) is 92.5 Å². The molecule has 0 aliphatic carbocycles. The number of carbonyl (C=O) groups is 1. The van der Waals surface area contributed by atoms with Gasteiger partial charge in [0, 0.05) is 49.7 Å². The van der Waals surface area contributed by atoms with Crippen molar-refractivity contribution in [3.63, 3.8) is 0 Å². The molecule has 13 heteroatoms. The smallest absolute Gasteiger partial charge is 0.256 e. The van der Waals surface area contributed by atoms with Gasteiger partial charge in [-0.25, -0.2) is 18.7 Å². The minimum absolute atomic E-state index is 0.0858. The highest BCUT2D eigenvalue weighted by atomic mass is 19.1. The zero-order chi connectivity index (χ0) is 28.0. The second kappa shape index (κ2) is 10.5. The predicted molar refractivity (Wildman–Crippen MR) is 147 cm³/mol. The predicted octanol–water partition coefficient (Wildman–Crippen LogP) is 3.30. The van der Waals surface area contributed by atoms with Crippen LogP contribution in [0.15, 0.2) is 36.8 Å². The lowest BCUT2D eigenvalue weighted by molar-refractivity contribution is -0.121. The summed E-state index contributed by atoms with van der Waals surface area (Å²) in [5, 5.41) is 10.9. The molecular weight excluding hydrogens is 520 g/mol. The van der Waals surface area contributed by atoms with Gasteiger partial charge >= 0.3 is 0 Å². The van der Waals surface area contributed by atoms with Crippen LogP contribution in [-0.2, 0) is 11.8 Å². The Labute approximate surface area is 229 Å². The standard InChI is InChI=1S/C27H31F2N9O2/c1-36-8-7-16(13-36)38-12-15(28)9-22(38)25(39)32-20-6-4-5-17-18(10-30-24(17)20)23-19(29)11-31-27(34-23)33-21-14-37(2)35-26(21)40-3/h4-6,10-11,14-16,22,30H,7-9,12-13H2,1-3H3,(H,32,39)(H,31,33,34)/t15-,16-,22?/m0/s1. The van der Waals surface area contributed by atoms with Gasteiger partial charge in [-0.1, -0.05) is 12.1 Å². The van der Waals surface area contributed by atoms with Crippen molar-refractivity contribution in [1.29, 1.82) is 0 Å². The van der Waals surface area contributed by atoms with Gasteiger partial charge in [-0.3, -0.25) is 14.4 Å². The number of aryl methyl sites for hydroxylation is 1. The quantitative estimate of drug-likeness (QED) is 0.321. The average molecular weight is 552 g/mol. The van der Waals surface area contributed by atoms with Crippen molar-refractivity contribution >= 4 is 34.1 Å². The highest BCUT2D eigenvalue weighted by molar-refractivity contribution is 6.06. The minimum atomic E-state index is -1.04. The maximum absolute atomic E-state index is 15.0.